The highest BCUT2D eigenvalue weighted by molar-refractivity contribution is 7.11. The number of hydrogen-bond acceptors (Lipinski definition) is 5. The SMILES string of the molecule is O=C(O)c1nc(CN2CC(=O)N3CCCC3C2=O)cs1. The summed E-state index contributed by atoms with van der Waals surface area (Å²) in [6, 6.07) is -0.339. The second-order valence-corrected chi connectivity index (χ2v) is 5.75. The van der Waals surface area contributed by atoms with Crippen LogP contribution in [-0.4, -0.2) is 56.8 Å². The molecule has 1 unspecified atom stereocenters. The summed E-state index contributed by atoms with van der Waals surface area (Å²) in [5.41, 5.74) is 0.514. The molecule has 1 N–H and O–H groups in total. The first-order chi connectivity index (χ1) is 9.56. The highest BCUT2D eigenvalue weighted by Gasteiger charge is 2.41. The highest BCUT2D eigenvalue weighted by atomic mass is 32.1. The summed E-state index contributed by atoms with van der Waals surface area (Å²) in [6.45, 7) is 0.900. The van der Waals surface area contributed by atoms with Crippen LogP contribution in [0.5, 0.6) is 0 Å². The van der Waals surface area contributed by atoms with Gasteiger partial charge in [-0.25, -0.2) is 9.78 Å². The van der Waals surface area contributed by atoms with Crippen LogP contribution in [0.3, 0.4) is 0 Å². The van der Waals surface area contributed by atoms with Crippen molar-refractivity contribution >= 4 is 29.1 Å². The molecule has 0 aliphatic carbocycles. The van der Waals surface area contributed by atoms with Crippen LogP contribution >= 0.6 is 11.3 Å². The normalized spacial score (nSPS) is 22.3. The van der Waals surface area contributed by atoms with E-state index in [1.807, 2.05) is 0 Å². The molecular formula is C12H13N3O4S. The Morgan fingerprint density at radius 1 is 1.50 bits per heavy atom. The van der Waals surface area contributed by atoms with Crippen LogP contribution in [-0.2, 0) is 16.1 Å². The molecule has 2 amide bonds. The van der Waals surface area contributed by atoms with Gasteiger partial charge in [0.05, 0.1) is 12.2 Å². The summed E-state index contributed by atoms with van der Waals surface area (Å²) >= 11 is 1.02. The Kier molecular flexibility index (Phi) is 3.17. The van der Waals surface area contributed by atoms with E-state index in [2.05, 4.69) is 4.98 Å². The van der Waals surface area contributed by atoms with E-state index in [1.54, 1.807) is 10.3 Å². The van der Waals surface area contributed by atoms with Crippen molar-refractivity contribution < 1.29 is 19.5 Å². The molecule has 2 saturated heterocycles. The van der Waals surface area contributed by atoms with Crippen LogP contribution in [0.1, 0.15) is 28.3 Å². The van der Waals surface area contributed by atoms with Gasteiger partial charge in [0.15, 0.2) is 0 Å². The fourth-order valence-electron chi connectivity index (χ4n) is 2.67. The largest absolute Gasteiger partial charge is 0.476 e. The maximum absolute atomic E-state index is 12.3. The van der Waals surface area contributed by atoms with E-state index in [4.69, 9.17) is 5.11 Å². The van der Waals surface area contributed by atoms with E-state index in [-0.39, 0.29) is 36.0 Å². The lowest BCUT2D eigenvalue weighted by atomic mass is 10.1. The van der Waals surface area contributed by atoms with E-state index in [0.29, 0.717) is 18.7 Å². The van der Waals surface area contributed by atoms with Crippen LogP contribution in [0.2, 0.25) is 0 Å². The van der Waals surface area contributed by atoms with Gasteiger partial charge in [-0.3, -0.25) is 9.59 Å². The number of piperazine rings is 1. The van der Waals surface area contributed by atoms with Gasteiger partial charge in [-0.15, -0.1) is 11.3 Å². The second kappa shape index (κ2) is 4.86. The van der Waals surface area contributed by atoms with E-state index in [0.717, 1.165) is 17.8 Å². The fraction of sp³-hybridized carbons (Fsp3) is 0.500. The Morgan fingerprint density at radius 3 is 3.00 bits per heavy atom. The molecule has 0 aromatic carbocycles. The lowest BCUT2D eigenvalue weighted by Gasteiger charge is -2.36. The molecule has 106 valence electrons. The molecule has 1 aromatic rings. The third-order valence-corrected chi connectivity index (χ3v) is 4.46. The van der Waals surface area contributed by atoms with Crippen molar-refractivity contribution in [3.8, 4) is 0 Å². The van der Waals surface area contributed by atoms with Crippen molar-refractivity contribution in [3.63, 3.8) is 0 Å². The number of carbonyl (C=O) groups excluding carboxylic acids is 2. The minimum atomic E-state index is -1.08. The molecule has 20 heavy (non-hydrogen) atoms. The summed E-state index contributed by atoms with van der Waals surface area (Å²) in [4.78, 5) is 42.1. The van der Waals surface area contributed by atoms with Gasteiger partial charge in [0, 0.05) is 11.9 Å². The predicted octanol–water partition coefficient (Wildman–Crippen LogP) is 0.174. The Hall–Kier alpha value is -1.96. The number of carboxylic acid groups (broad SMARTS) is 1. The topological polar surface area (TPSA) is 90.8 Å². The predicted molar refractivity (Wildman–Crippen MR) is 69.2 cm³/mol. The fourth-order valence-corrected chi connectivity index (χ4v) is 3.32. The zero-order chi connectivity index (χ0) is 14.3. The van der Waals surface area contributed by atoms with Gasteiger partial charge in [-0.1, -0.05) is 0 Å². The van der Waals surface area contributed by atoms with Crippen molar-refractivity contribution in [2.75, 3.05) is 13.1 Å². The summed E-state index contributed by atoms with van der Waals surface area (Å²) in [5, 5.41) is 10.4. The lowest BCUT2D eigenvalue weighted by Crippen LogP contribution is -2.56. The lowest BCUT2D eigenvalue weighted by molar-refractivity contribution is -0.154. The number of hydrogen-bond donors (Lipinski definition) is 1. The third-order valence-electron chi connectivity index (χ3n) is 3.58. The van der Waals surface area contributed by atoms with Crippen LogP contribution < -0.4 is 0 Å². The maximum atomic E-state index is 12.3. The zero-order valence-corrected chi connectivity index (χ0v) is 11.4. The van der Waals surface area contributed by atoms with Gasteiger partial charge in [0.1, 0.15) is 12.6 Å². The standard InChI is InChI=1S/C12H13N3O4S/c16-9-5-14(11(17)8-2-1-3-15(8)9)4-7-6-20-10(13-7)12(18)19/h6,8H,1-5H2,(H,18,19). The molecule has 3 heterocycles. The summed E-state index contributed by atoms with van der Waals surface area (Å²) < 4.78 is 0. The molecule has 8 heteroatoms. The van der Waals surface area contributed by atoms with Crippen molar-refractivity contribution in [1.82, 2.24) is 14.8 Å². The molecule has 3 rings (SSSR count). The van der Waals surface area contributed by atoms with Gasteiger partial charge in [0.2, 0.25) is 16.8 Å². The minimum absolute atomic E-state index is 0.00159. The molecule has 0 radical (unpaired) electrons. The molecule has 1 atom stereocenters. The van der Waals surface area contributed by atoms with E-state index in [9.17, 15) is 14.4 Å². The first-order valence-corrected chi connectivity index (χ1v) is 7.20. The Morgan fingerprint density at radius 2 is 2.30 bits per heavy atom. The monoisotopic (exact) mass is 295 g/mol. The summed E-state index contributed by atoms with van der Waals surface area (Å²) in [7, 11) is 0. The zero-order valence-electron chi connectivity index (χ0n) is 10.6. The highest BCUT2D eigenvalue weighted by Crippen LogP contribution is 2.24. The average molecular weight is 295 g/mol. The van der Waals surface area contributed by atoms with Crippen molar-refractivity contribution in [2.45, 2.75) is 25.4 Å². The van der Waals surface area contributed by atoms with Crippen LogP contribution in [0, 0.1) is 0 Å². The van der Waals surface area contributed by atoms with Crippen molar-refractivity contribution in [1.29, 1.82) is 0 Å². The summed E-state index contributed by atoms with van der Waals surface area (Å²) in [5.74, 6) is -1.18. The number of carbonyl (C=O) groups is 3. The van der Waals surface area contributed by atoms with Gasteiger partial charge >= 0.3 is 5.97 Å². The Labute approximate surface area is 118 Å². The molecule has 1 aromatic heterocycles. The van der Waals surface area contributed by atoms with E-state index >= 15 is 0 Å². The molecule has 2 aliphatic heterocycles. The minimum Gasteiger partial charge on any atom is -0.476 e. The first-order valence-electron chi connectivity index (χ1n) is 6.32. The molecule has 7 nitrogen and oxygen atoms in total. The van der Waals surface area contributed by atoms with Gasteiger partial charge in [0.25, 0.3) is 0 Å². The van der Waals surface area contributed by atoms with E-state index in [1.165, 1.54) is 4.90 Å². The maximum Gasteiger partial charge on any atom is 0.365 e. The smallest absolute Gasteiger partial charge is 0.365 e. The number of fused-ring (bicyclic) bond motifs is 1. The number of carboxylic acids is 1. The quantitative estimate of drug-likeness (QED) is 0.858. The first kappa shape index (κ1) is 13.0. The molecule has 0 spiro atoms. The molecule has 0 saturated carbocycles. The van der Waals surface area contributed by atoms with Gasteiger partial charge in [-0.05, 0) is 12.8 Å². The number of rotatable bonds is 3. The van der Waals surface area contributed by atoms with Crippen molar-refractivity contribution in [3.05, 3.63) is 16.1 Å². The van der Waals surface area contributed by atoms with Gasteiger partial charge in [-0.2, -0.15) is 0 Å². The number of nitrogens with zero attached hydrogens (tertiary/aromatic N) is 3. The van der Waals surface area contributed by atoms with Crippen molar-refractivity contribution in [2.24, 2.45) is 0 Å². The van der Waals surface area contributed by atoms with Crippen LogP contribution in [0.25, 0.3) is 0 Å². The van der Waals surface area contributed by atoms with E-state index < -0.39 is 5.97 Å². The number of aromatic carboxylic acids is 1. The molecule has 0 bridgehead atoms. The molecule has 2 fully saturated rings. The average Bonchev–Trinajstić information content (AvgIpc) is 3.04. The third kappa shape index (κ3) is 2.15. The van der Waals surface area contributed by atoms with Crippen LogP contribution in [0.4, 0.5) is 0 Å². The number of thiazole rings is 1. The van der Waals surface area contributed by atoms with Gasteiger partial charge < -0.3 is 14.9 Å². The number of aromatic nitrogens is 1. The molecule has 2 aliphatic rings. The van der Waals surface area contributed by atoms with Crippen LogP contribution in [0.15, 0.2) is 5.38 Å². The second-order valence-electron chi connectivity index (χ2n) is 4.89. The number of amides is 2. The Balaban J connectivity index is 1.75. The summed E-state index contributed by atoms with van der Waals surface area (Å²) in [6.07, 6.45) is 1.56. The molecular weight excluding hydrogens is 282 g/mol. The Bertz CT molecular complexity index is 585.